The van der Waals surface area contributed by atoms with Crippen LogP contribution in [0.4, 0.5) is 4.39 Å². The van der Waals surface area contributed by atoms with Gasteiger partial charge in [0.05, 0.1) is 6.54 Å². The fourth-order valence-electron chi connectivity index (χ4n) is 2.46. The van der Waals surface area contributed by atoms with Crippen LogP contribution in [-0.4, -0.2) is 42.4 Å². The number of carbonyl (C=O) groups is 1. The lowest BCUT2D eigenvalue weighted by Gasteiger charge is -2.28. The van der Waals surface area contributed by atoms with E-state index in [4.69, 9.17) is 0 Å². The van der Waals surface area contributed by atoms with Gasteiger partial charge in [0.2, 0.25) is 5.91 Å². The molecule has 124 valence electrons. The molecule has 0 unspecified atom stereocenters. The van der Waals surface area contributed by atoms with Crippen molar-refractivity contribution < 1.29 is 9.18 Å². The van der Waals surface area contributed by atoms with E-state index in [2.05, 4.69) is 27.7 Å². The molecule has 0 saturated carbocycles. The molecule has 0 N–H and O–H groups in total. The molecule has 1 aromatic carbocycles. The van der Waals surface area contributed by atoms with Crippen LogP contribution in [0.25, 0.3) is 0 Å². The number of carbonyl (C=O) groups excluding carboxylic acids is 1. The molecular weight excluding hydrogens is 279 g/mol. The maximum Gasteiger partial charge on any atom is 0.236 e. The maximum atomic E-state index is 13.7. The van der Waals surface area contributed by atoms with E-state index in [1.54, 1.807) is 12.1 Å². The Hall–Kier alpha value is -1.42. The van der Waals surface area contributed by atoms with E-state index in [0.29, 0.717) is 30.5 Å². The Balaban J connectivity index is 2.62. The first-order valence-electron chi connectivity index (χ1n) is 7.99. The van der Waals surface area contributed by atoms with E-state index in [1.165, 1.54) is 6.07 Å². The molecule has 0 saturated heterocycles. The number of hydrogen-bond donors (Lipinski definition) is 0. The summed E-state index contributed by atoms with van der Waals surface area (Å²) >= 11 is 0. The predicted molar refractivity (Wildman–Crippen MR) is 89.0 cm³/mol. The first-order chi connectivity index (χ1) is 10.3. The Kier molecular flexibility index (Phi) is 7.52. The summed E-state index contributed by atoms with van der Waals surface area (Å²) in [4.78, 5) is 16.3. The van der Waals surface area contributed by atoms with Crippen molar-refractivity contribution in [2.75, 3.05) is 26.7 Å². The largest absolute Gasteiger partial charge is 0.341 e. The van der Waals surface area contributed by atoms with Crippen LogP contribution in [0.5, 0.6) is 0 Å². The lowest BCUT2D eigenvalue weighted by atomic mass is 10.1. The van der Waals surface area contributed by atoms with Crippen LogP contribution in [0, 0.1) is 17.7 Å². The molecule has 1 amide bonds. The smallest absolute Gasteiger partial charge is 0.236 e. The van der Waals surface area contributed by atoms with Crippen LogP contribution >= 0.6 is 0 Å². The first-order valence-corrected chi connectivity index (χ1v) is 7.99. The summed E-state index contributed by atoms with van der Waals surface area (Å²) in [6, 6.07) is 6.71. The summed E-state index contributed by atoms with van der Waals surface area (Å²) < 4.78 is 13.7. The van der Waals surface area contributed by atoms with Gasteiger partial charge in [0.25, 0.3) is 0 Å². The average molecular weight is 308 g/mol. The number of likely N-dealkylation sites (N-methyl/N-ethyl adjacent to an activating group) is 1. The number of rotatable bonds is 8. The molecule has 1 rings (SSSR count). The molecule has 0 bridgehead atoms. The molecular formula is C18H29FN2O. The topological polar surface area (TPSA) is 23.6 Å². The third kappa shape index (κ3) is 6.56. The zero-order chi connectivity index (χ0) is 16.7. The SMILES string of the molecule is CC(C)CN(CC(C)C)C(=O)CN(C)Cc1ccccc1F. The third-order valence-electron chi connectivity index (χ3n) is 3.33. The van der Waals surface area contributed by atoms with E-state index in [1.807, 2.05) is 22.9 Å². The Morgan fingerprint density at radius 2 is 1.64 bits per heavy atom. The van der Waals surface area contributed by atoms with Gasteiger partial charge in [-0.3, -0.25) is 9.69 Å². The highest BCUT2D eigenvalue weighted by Gasteiger charge is 2.18. The van der Waals surface area contributed by atoms with Crippen molar-refractivity contribution in [3.63, 3.8) is 0 Å². The normalized spacial score (nSPS) is 11.5. The van der Waals surface area contributed by atoms with Gasteiger partial charge >= 0.3 is 0 Å². The van der Waals surface area contributed by atoms with E-state index in [9.17, 15) is 9.18 Å². The van der Waals surface area contributed by atoms with Gasteiger partial charge < -0.3 is 4.90 Å². The van der Waals surface area contributed by atoms with Crippen molar-refractivity contribution in [2.24, 2.45) is 11.8 Å². The summed E-state index contributed by atoms with van der Waals surface area (Å²) in [7, 11) is 1.85. The van der Waals surface area contributed by atoms with Crippen LogP contribution in [-0.2, 0) is 11.3 Å². The minimum Gasteiger partial charge on any atom is -0.341 e. The van der Waals surface area contributed by atoms with Crippen LogP contribution in [0.1, 0.15) is 33.3 Å². The van der Waals surface area contributed by atoms with E-state index in [0.717, 1.165) is 13.1 Å². The average Bonchev–Trinajstić information content (AvgIpc) is 2.39. The van der Waals surface area contributed by atoms with Gasteiger partial charge in [-0.1, -0.05) is 45.9 Å². The lowest BCUT2D eigenvalue weighted by molar-refractivity contribution is -0.133. The highest BCUT2D eigenvalue weighted by atomic mass is 19.1. The molecule has 0 fully saturated rings. The zero-order valence-corrected chi connectivity index (χ0v) is 14.5. The second-order valence-electron chi connectivity index (χ2n) is 6.85. The molecule has 0 aliphatic heterocycles. The van der Waals surface area contributed by atoms with Crippen molar-refractivity contribution in [1.82, 2.24) is 9.80 Å². The molecule has 0 aromatic heterocycles. The number of halogens is 1. The molecule has 0 aliphatic carbocycles. The lowest BCUT2D eigenvalue weighted by Crippen LogP contribution is -2.42. The Morgan fingerprint density at radius 3 is 2.14 bits per heavy atom. The standard InChI is InChI=1S/C18H29FN2O/c1-14(2)10-21(11-15(3)4)18(22)13-20(5)12-16-8-6-7-9-17(16)19/h6-9,14-15H,10-13H2,1-5H3. The number of amides is 1. The quantitative estimate of drug-likeness (QED) is 0.735. The fraction of sp³-hybridized carbons (Fsp3) is 0.611. The van der Waals surface area contributed by atoms with Gasteiger partial charge in [0, 0.05) is 25.2 Å². The molecule has 4 heteroatoms. The van der Waals surface area contributed by atoms with Crippen molar-refractivity contribution in [3.05, 3.63) is 35.6 Å². The minimum atomic E-state index is -0.219. The van der Waals surface area contributed by atoms with Gasteiger partial charge in [-0.05, 0) is 24.9 Å². The van der Waals surface area contributed by atoms with Gasteiger partial charge in [0.15, 0.2) is 0 Å². The summed E-state index contributed by atoms with van der Waals surface area (Å²) in [5.74, 6) is 0.781. The van der Waals surface area contributed by atoms with Gasteiger partial charge in [-0.25, -0.2) is 4.39 Å². The number of benzene rings is 1. The first kappa shape index (κ1) is 18.6. The Morgan fingerprint density at radius 1 is 1.09 bits per heavy atom. The monoisotopic (exact) mass is 308 g/mol. The number of hydrogen-bond acceptors (Lipinski definition) is 2. The van der Waals surface area contributed by atoms with Crippen molar-refractivity contribution >= 4 is 5.91 Å². The second-order valence-corrected chi connectivity index (χ2v) is 6.85. The highest BCUT2D eigenvalue weighted by molar-refractivity contribution is 5.78. The Labute approximate surface area is 134 Å². The van der Waals surface area contributed by atoms with Crippen LogP contribution in [0.3, 0.4) is 0 Å². The predicted octanol–water partition coefficient (Wildman–Crippen LogP) is 3.40. The van der Waals surface area contributed by atoms with Gasteiger partial charge in [-0.15, -0.1) is 0 Å². The van der Waals surface area contributed by atoms with E-state index in [-0.39, 0.29) is 11.7 Å². The molecule has 3 nitrogen and oxygen atoms in total. The molecule has 0 atom stereocenters. The van der Waals surface area contributed by atoms with Gasteiger partial charge in [0.1, 0.15) is 5.82 Å². The van der Waals surface area contributed by atoms with Crippen molar-refractivity contribution in [2.45, 2.75) is 34.2 Å². The highest BCUT2D eigenvalue weighted by Crippen LogP contribution is 2.10. The summed E-state index contributed by atoms with van der Waals surface area (Å²) in [6.45, 7) is 10.7. The molecule has 22 heavy (non-hydrogen) atoms. The van der Waals surface area contributed by atoms with Crippen molar-refractivity contribution in [1.29, 1.82) is 0 Å². The van der Waals surface area contributed by atoms with Crippen LogP contribution < -0.4 is 0 Å². The third-order valence-corrected chi connectivity index (χ3v) is 3.33. The van der Waals surface area contributed by atoms with Gasteiger partial charge in [-0.2, -0.15) is 0 Å². The van der Waals surface area contributed by atoms with Crippen LogP contribution in [0.15, 0.2) is 24.3 Å². The number of nitrogens with zero attached hydrogens (tertiary/aromatic N) is 2. The van der Waals surface area contributed by atoms with E-state index < -0.39 is 0 Å². The zero-order valence-electron chi connectivity index (χ0n) is 14.5. The summed E-state index contributed by atoms with van der Waals surface area (Å²) in [5.41, 5.74) is 0.622. The van der Waals surface area contributed by atoms with Crippen molar-refractivity contribution in [3.8, 4) is 0 Å². The summed E-state index contributed by atoms with van der Waals surface area (Å²) in [5, 5.41) is 0. The summed E-state index contributed by atoms with van der Waals surface area (Å²) in [6.07, 6.45) is 0. The minimum absolute atomic E-state index is 0.112. The second kappa shape index (κ2) is 8.89. The molecule has 0 spiro atoms. The van der Waals surface area contributed by atoms with Crippen LogP contribution in [0.2, 0.25) is 0 Å². The molecule has 1 aromatic rings. The Bertz CT molecular complexity index is 464. The molecule has 0 radical (unpaired) electrons. The molecule has 0 heterocycles. The molecule has 0 aliphatic rings. The maximum absolute atomic E-state index is 13.7. The van der Waals surface area contributed by atoms with E-state index >= 15 is 0 Å². The fourth-order valence-corrected chi connectivity index (χ4v) is 2.46.